The highest BCUT2D eigenvalue weighted by molar-refractivity contribution is 9.13. The van der Waals surface area contributed by atoms with E-state index in [1.165, 1.54) is 6.07 Å². The van der Waals surface area contributed by atoms with Gasteiger partial charge in [-0.2, -0.15) is 0 Å². The van der Waals surface area contributed by atoms with Crippen LogP contribution in [0.15, 0.2) is 30.4 Å². The Morgan fingerprint density at radius 2 is 1.69 bits per heavy atom. The Hall–Kier alpha value is 0.900. The van der Waals surface area contributed by atoms with Crippen molar-refractivity contribution in [2.45, 2.75) is 4.90 Å². The van der Waals surface area contributed by atoms with Crippen LogP contribution in [0.1, 0.15) is 0 Å². The van der Waals surface area contributed by atoms with Gasteiger partial charge in [0.1, 0.15) is 0 Å². The van der Waals surface area contributed by atoms with Gasteiger partial charge in [-0.1, -0.05) is 15.9 Å². The standard InChI is InChI=1S/C6H2Br3ClO2S/c7-3-1-4(8)6(9)5(2-3)13(10,11)12/h1-2H. The Labute approximate surface area is 105 Å². The molecule has 0 saturated carbocycles. The van der Waals surface area contributed by atoms with Crippen LogP contribution in [0.5, 0.6) is 0 Å². The van der Waals surface area contributed by atoms with Crippen molar-refractivity contribution < 1.29 is 8.42 Å². The molecule has 0 unspecified atom stereocenters. The summed E-state index contributed by atoms with van der Waals surface area (Å²) in [6.07, 6.45) is 0. The number of hydrogen-bond acceptors (Lipinski definition) is 2. The molecule has 0 fully saturated rings. The van der Waals surface area contributed by atoms with E-state index in [0.29, 0.717) is 13.4 Å². The SMILES string of the molecule is O=S(=O)(Cl)c1cc(Br)cc(Br)c1Br. The summed E-state index contributed by atoms with van der Waals surface area (Å²) in [7, 11) is 1.50. The zero-order valence-corrected chi connectivity index (χ0v) is 12.2. The van der Waals surface area contributed by atoms with E-state index in [1.807, 2.05) is 0 Å². The largest absolute Gasteiger partial charge is 0.262 e. The maximum Gasteiger partial charge on any atom is 0.262 e. The minimum atomic E-state index is -3.71. The van der Waals surface area contributed by atoms with Gasteiger partial charge in [0.2, 0.25) is 0 Å². The fourth-order valence-corrected chi connectivity index (χ4v) is 4.32. The lowest BCUT2D eigenvalue weighted by Gasteiger charge is -2.03. The van der Waals surface area contributed by atoms with E-state index in [1.54, 1.807) is 6.07 Å². The second kappa shape index (κ2) is 4.18. The highest BCUT2D eigenvalue weighted by Crippen LogP contribution is 2.34. The van der Waals surface area contributed by atoms with Crippen LogP contribution in [-0.2, 0) is 9.05 Å². The van der Waals surface area contributed by atoms with E-state index in [2.05, 4.69) is 47.8 Å². The maximum absolute atomic E-state index is 11.1. The molecule has 0 aromatic heterocycles. The molecule has 72 valence electrons. The van der Waals surface area contributed by atoms with Crippen molar-refractivity contribution in [3.05, 3.63) is 25.6 Å². The fourth-order valence-electron chi connectivity index (χ4n) is 0.710. The van der Waals surface area contributed by atoms with Gasteiger partial charge in [-0.15, -0.1) is 0 Å². The highest BCUT2D eigenvalue weighted by Gasteiger charge is 2.17. The molecule has 0 aliphatic rings. The summed E-state index contributed by atoms with van der Waals surface area (Å²) in [6, 6.07) is 3.15. The molecule has 0 saturated heterocycles. The summed E-state index contributed by atoms with van der Waals surface area (Å²) in [6.45, 7) is 0. The van der Waals surface area contributed by atoms with Gasteiger partial charge < -0.3 is 0 Å². The molecule has 1 rings (SSSR count). The normalized spacial score (nSPS) is 11.7. The van der Waals surface area contributed by atoms with E-state index >= 15 is 0 Å². The molecule has 0 N–H and O–H groups in total. The Morgan fingerprint density at radius 3 is 2.15 bits per heavy atom. The van der Waals surface area contributed by atoms with Crippen molar-refractivity contribution in [3.8, 4) is 0 Å². The van der Waals surface area contributed by atoms with E-state index in [9.17, 15) is 8.42 Å². The van der Waals surface area contributed by atoms with Gasteiger partial charge in [0, 0.05) is 19.6 Å². The average Bonchev–Trinajstić information content (AvgIpc) is 1.94. The second-order valence-electron chi connectivity index (χ2n) is 2.14. The zero-order chi connectivity index (χ0) is 10.2. The van der Waals surface area contributed by atoms with Crippen LogP contribution >= 0.6 is 58.5 Å². The molecule has 0 aliphatic heterocycles. The average molecular weight is 413 g/mol. The lowest BCUT2D eigenvalue weighted by molar-refractivity contribution is 0.609. The molecule has 0 atom stereocenters. The number of hydrogen-bond donors (Lipinski definition) is 0. The Bertz CT molecular complexity index is 443. The summed E-state index contributed by atoms with van der Waals surface area (Å²) < 4.78 is 23.8. The summed E-state index contributed by atoms with van der Waals surface area (Å²) in [5, 5.41) is 0. The van der Waals surface area contributed by atoms with Gasteiger partial charge >= 0.3 is 0 Å². The Morgan fingerprint density at radius 1 is 1.15 bits per heavy atom. The molecule has 13 heavy (non-hydrogen) atoms. The molecule has 0 amide bonds. The van der Waals surface area contributed by atoms with Gasteiger partial charge in [-0.3, -0.25) is 0 Å². The summed E-state index contributed by atoms with van der Waals surface area (Å²) in [4.78, 5) is 0.0374. The van der Waals surface area contributed by atoms with Crippen molar-refractivity contribution >= 4 is 67.5 Å². The van der Waals surface area contributed by atoms with Gasteiger partial charge in [0.15, 0.2) is 0 Å². The molecule has 2 nitrogen and oxygen atoms in total. The molecule has 0 heterocycles. The van der Waals surface area contributed by atoms with Crippen LogP contribution < -0.4 is 0 Å². The first-order valence-corrected chi connectivity index (χ1v) is 7.60. The third-order valence-electron chi connectivity index (χ3n) is 1.22. The van der Waals surface area contributed by atoms with Gasteiger partial charge in [0.05, 0.1) is 9.37 Å². The van der Waals surface area contributed by atoms with E-state index < -0.39 is 9.05 Å². The monoisotopic (exact) mass is 410 g/mol. The first-order chi connectivity index (χ1) is 5.82. The van der Waals surface area contributed by atoms with Crippen molar-refractivity contribution in [3.63, 3.8) is 0 Å². The van der Waals surface area contributed by atoms with Crippen LogP contribution in [0.25, 0.3) is 0 Å². The first kappa shape index (κ1) is 12.0. The molecule has 1 aromatic rings. The van der Waals surface area contributed by atoms with Gasteiger partial charge in [-0.25, -0.2) is 8.42 Å². The molecule has 0 aliphatic carbocycles. The molecule has 0 radical (unpaired) electrons. The molecular weight excluding hydrogens is 411 g/mol. The molecular formula is C6H2Br3ClO2S. The third kappa shape index (κ3) is 2.92. The fraction of sp³-hybridized carbons (Fsp3) is 0. The Kier molecular flexibility index (Phi) is 3.85. The van der Waals surface area contributed by atoms with Crippen molar-refractivity contribution in [1.29, 1.82) is 0 Å². The highest BCUT2D eigenvalue weighted by atomic mass is 79.9. The van der Waals surface area contributed by atoms with Crippen LogP contribution in [0.3, 0.4) is 0 Å². The Balaban J connectivity index is 3.56. The zero-order valence-electron chi connectivity index (χ0n) is 5.89. The molecule has 7 heteroatoms. The van der Waals surface area contributed by atoms with Crippen LogP contribution in [0.2, 0.25) is 0 Å². The third-order valence-corrected chi connectivity index (χ3v) is 5.30. The minimum absolute atomic E-state index is 0.0374. The lowest BCUT2D eigenvalue weighted by Crippen LogP contribution is -1.92. The molecule has 1 aromatic carbocycles. The van der Waals surface area contributed by atoms with E-state index in [4.69, 9.17) is 10.7 Å². The lowest BCUT2D eigenvalue weighted by atomic mass is 10.4. The topological polar surface area (TPSA) is 34.1 Å². The number of benzene rings is 1. The number of rotatable bonds is 1. The summed E-state index contributed by atoms with van der Waals surface area (Å²) >= 11 is 9.47. The first-order valence-electron chi connectivity index (χ1n) is 2.91. The van der Waals surface area contributed by atoms with E-state index in [0.717, 1.165) is 0 Å². The van der Waals surface area contributed by atoms with Gasteiger partial charge in [-0.05, 0) is 44.0 Å². The maximum atomic E-state index is 11.1. The predicted molar refractivity (Wildman–Crippen MR) is 62.6 cm³/mol. The smallest absolute Gasteiger partial charge is 0.207 e. The van der Waals surface area contributed by atoms with Crippen molar-refractivity contribution in [2.75, 3.05) is 0 Å². The van der Waals surface area contributed by atoms with Crippen LogP contribution in [0, 0.1) is 0 Å². The van der Waals surface area contributed by atoms with Crippen molar-refractivity contribution in [2.24, 2.45) is 0 Å². The summed E-state index contributed by atoms with van der Waals surface area (Å²) in [5.41, 5.74) is 0. The van der Waals surface area contributed by atoms with Crippen LogP contribution in [-0.4, -0.2) is 8.42 Å². The predicted octanol–water partition coefficient (Wildman–Crippen LogP) is 3.90. The van der Waals surface area contributed by atoms with Gasteiger partial charge in [0.25, 0.3) is 9.05 Å². The minimum Gasteiger partial charge on any atom is -0.207 e. The summed E-state index contributed by atoms with van der Waals surface area (Å²) in [5.74, 6) is 0. The second-order valence-corrected chi connectivity index (χ2v) is 7.23. The molecule has 0 spiro atoms. The number of halogens is 4. The van der Waals surface area contributed by atoms with Crippen molar-refractivity contribution in [1.82, 2.24) is 0 Å². The van der Waals surface area contributed by atoms with Crippen LogP contribution in [0.4, 0.5) is 0 Å². The molecule has 0 bridgehead atoms. The van der Waals surface area contributed by atoms with E-state index in [-0.39, 0.29) is 4.90 Å². The quantitative estimate of drug-likeness (QED) is 0.517.